The number of hydrogen-bond donors (Lipinski definition) is 1. The van der Waals surface area contributed by atoms with Crippen LogP contribution in [0.15, 0.2) is 47.4 Å². The fourth-order valence-electron chi connectivity index (χ4n) is 4.01. The van der Waals surface area contributed by atoms with Gasteiger partial charge in [-0.1, -0.05) is 23.7 Å². The van der Waals surface area contributed by atoms with Gasteiger partial charge in [0.2, 0.25) is 10.0 Å². The van der Waals surface area contributed by atoms with Crippen molar-refractivity contribution in [1.29, 1.82) is 0 Å². The summed E-state index contributed by atoms with van der Waals surface area (Å²) in [4.78, 5) is 15.6. The molecule has 2 aliphatic heterocycles. The molecule has 0 bridgehead atoms. The smallest absolute Gasteiger partial charge is 0.253 e. The molecule has 2 aromatic rings. The van der Waals surface area contributed by atoms with Gasteiger partial charge in [0.05, 0.1) is 42.9 Å². The van der Waals surface area contributed by atoms with Crippen LogP contribution in [-0.2, 0) is 19.5 Å². The summed E-state index contributed by atoms with van der Waals surface area (Å²) >= 11 is 6.10. The van der Waals surface area contributed by atoms with Gasteiger partial charge >= 0.3 is 0 Å². The van der Waals surface area contributed by atoms with Crippen molar-refractivity contribution >= 4 is 33.2 Å². The Morgan fingerprint density at radius 1 is 1.00 bits per heavy atom. The number of morpholine rings is 2. The summed E-state index contributed by atoms with van der Waals surface area (Å²) in [7, 11) is -3.74. The predicted molar refractivity (Wildman–Crippen MR) is 126 cm³/mol. The number of hydrogen-bond acceptors (Lipinski definition) is 6. The number of rotatable bonds is 6. The quantitative estimate of drug-likeness (QED) is 0.665. The maximum atomic E-state index is 13.4. The van der Waals surface area contributed by atoms with Gasteiger partial charge in [-0.2, -0.15) is 4.31 Å². The number of benzene rings is 2. The molecule has 8 nitrogen and oxygen atoms in total. The van der Waals surface area contributed by atoms with Gasteiger partial charge in [-0.3, -0.25) is 4.79 Å². The Hall–Kier alpha value is -2.17. The molecular formula is C23H28ClN3O5S. The SMILES string of the molecule is CC(NC(=O)c1cc(S(=O)(=O)N2CCOCC2)ccc1N1CCOCC1)c1cccc(Cl)c1. The van der Waals surface area contributed by atoms with E-state index in [1.54, 1.807) is 24.3 Å². The van der Waals surface area contributed by atoms with Crippen LogP contribution in [0, 0.1) is 0 Å². The summed E-state index contributed by atoms with van der Waals surface area (Å²) in [5, 5.41) is 3.58. The van der Waals surface area contributed by atoms with Crippen molar-refractivity contribution < 1.29 is 22.7 Å². The van der Waals surface area contributed by atoms with E-state index >= 15 is 0 Å². The summed E-state index contributed by atoms with van der Waals surface area (Å²) in [5.74, 6) is -0.344. The molecule has 0 spiro atoms. The largest absolute Gasteiger partial charge is 0.379 e. The third kappa shape index (κ3) is 5.50. The van der Waals surface area contributed by atoms with E-state index in [4.69, 9.17) is 21.1 Å². The van der Waals surface area contributed by atoms with E-state index < -0.39 is 10.0 Å². The molecule has 0 aliphatic carbocycles. The molecule has 1 atom stereocenters. The lowest BCUT2D eigenvalue weighted by Crippen LogP contribution is -2.41. The predicted octanol–water partition coefficient (Wildman–Crippen LogP) is 2.69. The number of halogens is 1. The number of nitrogens with zero attached hydrogens (tertiary/aromatic N) is 2. The normalized spacial score (nSPS) is 18.7. The van der Waals surface area contributed by atoms with E-state index in [0.29, 0.717) is 68.9 Å². The van der Waals surface area contributed by atoms with Crippen LogP contribution >= 0.6 is 11.6 Å². The number of nitrogens with one attached hydrogen (secondary N) is 1. The van der Waals surface area contributed by atoms with Gasteiger partial charge in [-0.05, 0) is 42.8 Å². The fraction of sp³-hybridized carbons (Fsp3) is 0.435. The average Bonchev–Trinajstić information content (AvgIpc) is 2.84. The molecule has 2 fully saturated rings. The topological polar surface area (TPSA) is 88.2 Å². The molecule has 0 radical (unpaired) electrons. The van der Waals surface area contributed by atoms with Crippen molar-refractivity contribution in [1.82, 2.24) is 9.62 Å². The molecule has 1 N–H and O–H groups in total. The molecule has 33 heavy (non-hydrogen) atoms. The zero-order chi connectivity index (χ0) is 23.4. The second-order valence-corrected chi connectivity index (χ2v) is 10.4. The number of anilines is 1. The van der Waals surface area contributed by atoms with Crippen LogP contribution < -0.4 is 10.2 Å². The average molecular weight is 494 g/mol. The summed E-state index contributed by atoms with van der Waals surface area (Å²) < 4.78 is 38.6. The van der Waals surface area contributed by atoms with E-state index in [9.17, 15) is 13.2 Å². The highest BCUT2D eigenvalue weighted by Gasteiger charge is 2.29. The standard InChI is InChI=1S/C23H28ClN3O5S/c1-17(18-3-2-4-19(24)15-18)25-23(28)21-16-20(33(29,30)27-9-13-32-14-10-27)5-6-22(21)26-7-11-31-12-8-26/h2-6,15-17H,7-14H2,1H3,(H,25,28). The van der Waals surface area contributed by atoms with Crippen LogP contribution in [0.1, 0.15) is 28.9 Å². The van der Waals surface area contributed by atoms with E-state index in [2.05, 4.69) is 5.32 Å². The lowest BCUT2D eigenvalue weighted by molar-refractivity contribution is 0.0730. The highest BCUT2D eigenvalue weighted by molar-refractivity contribution is 7.89. The highest BCUT2D eigenvalue weighted by atomic mass is 35.5. The first-order valence-electron chi connectivity index (χ1n) is 11.0. The number of ether oxygens (including phenoxy) is 2. The molecule has 178 valence electrons. The summed E-state index contributed by atoms with van der Waals surface area (Å²) in [6, 6.07) is 11.8. The summed E-state index contributed by atoms with van der Waals surface area (Å²) in [5.41, 5.74) is 1.87. The van der Waals surface area contributed by atoms with Gasteiger partial charge < -0.3 is 19.7 Å². The molecule has 2 saturated heterocycles. The third-order valence-electron chi connectivity index (χ3n) is 5.87. The van der Waals surface area contributed by atoms with Crippen LogP contribution in [0.4, 0.5) is 5.69 Å². The minimum absolute atomic E-state index is 0.0990. The zero-order valence-corrected chi connectivity index (χ0v) is 20.1. The zero-order valence-electron chi connectivity index (χ0n) is 18.5. The van der Waals surface area contributed by atoms with Crippen LogP contribution in [-0.4, -0.2) is 71.2 Å². The Morgan fingerprint density at radius 3 is 2.33 bits per heavy atom. The van der Waals surface area contributed by atoms with Crippen LogP contribution in [0.2, 0.25) is 5.02 Å². The molecule has 2 heterocycles. The lowest BCUT2D eigenvalue weighted by atomic mass is 10.1. The molecule has 4 rings (SSSR count). The van der Waals surface area contributed by atoms with Gasteiger partial charge in [0.25, 0.3) is 5.91 Å². The second kappa shape index (κ2) is 10.4. The summed E-state index contributed by atoms with van der Waals surface area (Å²) in [6.45, 7) is 5.51. The molecular weight excluding hydrogens is 466 g/mol. The van der Waals surface area contributed by atoms with Gasteiger partial charge in [-0.15, -0.1) is 0 Å². The van der Waals surface area contributed by atoms with Crippen LogP contribution in [0.3, 0.4) is 0 Å². The van der Waals surface area contributed by atoms with E-state index in [-0.39, 0.29) is 16.8 Å². The molecule has 2 aromatic carbocycles. The van der Waals surface area contributed by atoms with Crippen molar-refractivity contribution in [2.75, 3.05) is 57.5 Å². The van der Waals surface area contributed by atoms with Crippen molar-refractivity contribution in [3.05, 3.63) is 58.6 Å². The first-order valence-corrected chi connectivity index (χ1v) is 12.8. The van der Waals surface area contributed by atoms with Gasteiger partial charge in [0.15, 0.2) is 0 Å². The molecule has 1 unspecified atom stereocenters. The Bertz CT molecular complexity index is 1100. The Kier molecular flexibility index (Phi) is 7.55. The Balaban J connectivity index is 1.66. The first kappa shape index (κ1) is 24.0. The Morgan fingerprint density at radius 2 is 1.67 bits per heavy atom. The third-order valence-corrected chi connectivity index (χ3v) is 8.00. The van der Waals surface area contributed by atoms with Crippen molar-refractivity contribution in [3.8, 4) is 0 Å². The lowest BCUT2D eigenvalue weighted by Gasteiger charge is -2.31. The number of sulfonamides is 1. The maximum Gasteiger partial charge on any atom is 0.253 e. The van der Waals surface area contributed by atoms with E-state index in [1.807, 2.05) is 24.0 Å². The fourth-order valence-corrected chi connectivity index (χ4v) is 5.64. The van der Waals surface area contributed by atoms with Gasteiger partial charge in [0, 0.05) is 36.9 Å². The maximum absolute atomic E-state index is 13.4. The second-order valence-electron chi connectivity index (χ2n) is 8.04. The molecule has 0 saturated carbocycles. The number of carbonyl (C=O) groups excluding carboxylic acids is 1. The van der Waals surface area contributed by atoms with Crippen LogP contribution in [0.25, 0.3) is 0 Å². The van der Waals surface area contributed by atoms with Crippen molar-refractivity contribution in [2.24, 2.45) is 0 Å². The summed E-state index contributed by atoms with van der Waals surface area (Å²) in [6.07, 6.45) is 0. The Labute approximate surface area is 199 Å². The molecule has 10 heteroatoms. The molecule has 0 aromatic heterocycles. The minimum atomic E-state index is -3.74. The monoisotopic (exact) mass is 493 g/mol. The van der Waals surface area contributed by atoms with Crippen LogP contribution in [0.5, 0.6) is 0 Å². The number of carbonyl (C=O) groups is 1. The van der Waals surface area contributed by atoms with Gasteiger partial charge in [0.1, 0.15) is 0 Å². The number of amides is 1. The minimum Gasteiger partial charge on any atom is -0.379 e. The van der Waals surface area contributed by atoms with Gasteiger partial charge in [-0.25, -0.2) is 8.42 Å². The molecule has 1 amide bonds. The molecule has 2 aliphatic rings. The van der Waals surface area contributed by atoms with E-state index in [0.717, 1.165) is 5.56 Å². The van der Waals surface area contributed by atoms with Crippen molar-refractivity contribution in [3.63, 3.8) is 0 Å². The first-order chi connectivity index (χ1) is 15.9. The van der Waals surface area contributed by atoms with Crippen molar-refractivity contribution in [2.45, 2.75) is 17.9 Å². The van der Waals surface area contributed by atoms with E-state index in [1.165, 1.54) is 10.4 Å². The highest BCUT2D eigenvalue weighted by Crippen LogP contribution is 2.28.